The molecule has 1 aromatic heterocycles. The minimum atomic E-state index is -0.472. The van der Waals surface area contributed by atoms with E-state index in [1.54, 1.807) is 19.6 Å². The molecule has 7 heteroatoms. The molecule has 2 N–H and O–H groups in total. The number of benzene rings is 2. The van der Waals surface area contributed by atoms with Crippen LogP contribution in [-0.4, -0.2) is 22.6 Å². The highest BCUT2D eigenvalue weighted by atomic mass is 19.1. The zero-order valence-electron chi connectivity index (χ0n) is 14.3. The molecule has 0 amide bonds. The van der Waals surface area contributed by atoms with Gasteiger partial charge in [0.1, 0.15) is 11.6 Å². The fourth-order valence-electron chi connectivity index (χ4n) is 2.57. The van der Waals surface area contributed by atoms with Crippen molar-refractivity contribution in [1.82, 2.24) is 20.2 Å². The monoisotopic (exact) mass is 355 g/mol. The van der Waals surface area contributed by atoms with E-state index in [1.807, 2.05) is 35.0 Å². The second-order valence-electron chi connectivity index (χ2n) is 5.61. The predicted molar refractivity (Wildman–Crippen MR) is 97.0 cm³/mol. The summed E-state index contributed by atoms with van der Waals surface area (Å²) in [6.07, 6.45) is 5.33. The lowest BCUT2D eigenvalue weighted by Crippen LogP contribution is -2.36. The van der Waals surface area contributed by atoms with Gasteiger partial charge in [0, 0.05) is 38.1 Å². The number of aliphatic imine (C=N–C) groups is 1. The second kappa shape index (κ2) is 8.24. The summed E-state index contributed by atoms with van der Waals surface area (Å²) < 4.78 is 28.9. The van der Waals surface area contributed by atoms with Crippen molar-refractivity contribution >= 4 is 5.96 Å². The average molecular weight is 355 g/mol. The predicted octanol–water partition coefficient (Wildman–Crippen LogP) is 3.02. The first-order valence-corrected chi connectivity index (χ1v) is 8.12. The van der Waals surface area contributed by atoms with Crippen LogP contribution < -0.4 is 10.6 Å². The highest BCUT2D eigenvalue weighted by Gasteiger charge is 2.07. The van der Waals surface area contributed by atoms with Crippen LogP contribution in [0.4, 0.5) is 8.78 Å². The van der Waals surface area contributed by atoms with Crippen molar-refractivity contribution < 1.29 is 8.78 Å². The molecule has 26 heavy (non-hydrogen) atoms. The van der Waals surface area contributed by atoms with E-state index in [4.69, 9.17) is 0 Å². The SMILES string of the molecule is CN=C(NCc1cc(F)ccc1F)NCc1ccccc1-n1ccnc1. The number of para-hydroxylation sites is 1. The summed E-state index contributed by atoms with van der Waals surface area (Å²) in [5.74, 6) is -0.436. The van der Waals surface area contributed by atoms with Crippen molar-refractivity contribution in [2.45, 2.75) is 13.1 Å². The zero-order valence-corrected chi connectivity index (χ0v) is 14.3. The Hall–Kier alpha value is -3.22. The Bertz CT molecular complexity index is 891. The minimum Gasteiger partial charge on any atom is -0.352 e. The summed E-state index contributed by atoms with van der Waals surface area (Å²) in [6, 6.07) is 11.3. The normalized spacial score (nSPS) is 11.4. The molecule has 0 spiro atoms. The third-order valence-corrected chi connectivity index (χ3v) is 3.90. The highest BCUT2D eigenvalue weighted by Crippen LogP contribution is 2.14. The molecule has 0 aliphatic carbocycles. The molecular formula is C19H19F2N5. The molecule has 0 fully saturated rings. The lowest BCUT2D eigenvalue weighted by molar-refractivity contribution is 0.581. The molecule has 0 saturated heterocycles. The van der Waals surface area contributed by atoms with Crippen LogP contribution in [0.5, 0.6) is 0 Å². The lowest BCUT2D eigenvalue weighted by Gasteiger charge is -2.15. The number of guanidine groups is 1. The van der Waals surface area contributed by atoms with E-state index in [0.29, 0.717) is 12.5 Å². The van der Waals surface area contributed by atoms with Crippen LogP contribution >= 0.6 is 0 Å². The Balaban J connectivity index is 1.64. The van der Waals surface area contributed by atoms with Gasteiger partial charge >= 0.3 is 0 Å². The maximum atomic E-state index is 13.7. The quantitative estimate of drug-likeness (QED) is 0.546. The van der Waals surface area contributed by atoms with E-state index in [-0.39, 0.29) is 12.1 Å². The standard InChI is InChI=1S/C19H19F2N5/c1-22-19(25-12-15-10-16(20)6-7-17(15)21)24-11-14-4-2-3-5-18(14)26-9-8-23-13-26/h2-10,13H,11-12H2,1H3,(H2,22,24,25). The maximum absolute atomic E-state index is 13.7. The van der Waals surface area contributed by atoms with Gasteiger partial charge in [-0.05, 0) is 29.8 Å². The van der Waals surface area contributed by atoms with Crippen molar-refractivity contribution in [3.8, 4) is 5.69 Å². The Morgan fingerprint density at radius 1 is 1.08 bits per heavy atom. The van der Waals surface area contributed by atoms with Crippen LogP contribution in [0, 0.1) is 11.6 Å². The van der Waals surface area contributed by atoms with Crippen LogP contribution in [0.1, 0.15) is 11.1 Å². The zero-order chi connectivity index (χ0) is 18.4. The molecule has 0 unspecified atom stereocenters. The number of hydrogen-bond acceptors (Lipinski definition) is 2. The Morgan fingerprint density at radius 2 is 1.85 bits per heavy atom. The summed E-state index contributed by atoms with van der Waals surface area (Å²) in [6.45, 7) is 0.645. The van der Waals surface area contributed by atoms with E-state index >= 15 is 0 Å². The van der Waals surface area contributed by atoms with Gasteiger partial charge in [-0.15, -0.1) is 0 Å². The molecule has 0 radical (unpaired) electrons. The minimum absolute atomic E-state index is 0.131. The van der Waals surface area contributed by atoms with Gasteiger partial charge in [0.2, 0.25) is 0 Å². The number of nitrogens with one attached hydrogen (secondary N) is 2. The van der Waals surface area contributed by atoms with E-state index in [9.17, 15) is 8.78 Å². The van der Waals surface area contributed by atoms with E-state index in [2.05, 4.69) is 20.6 Å². The van der Waals surface area contributed by atoms with E-state index in [1.165, 1.54) is 6.07 Å². The van der Waals surface area contributed by atoms with Gasteiger partial charge in [-0.25, -0.2) is 13.8 Å². The molecule has 0 atom stereocenters. The van der Waals surface area contributed by atoms with Gasteiger partial charge in [0.15, 0.2) is 5.96 Å². The fourth-order valence-corrected chi connectivity index (χ4v) is 2.57. The Morgan fingerprint density at radius 3 is 2.58 bits per heavy atom. The highest BCUT2D eigenvalue weighted by molar-refractivity contribution is 5.79. The number of imidazole rings is 1. The smallest absolute Gasteiger partial charge is 0.191 e. The summed E-state index contributed by atoms with van der Waals surface area (Å²) >= 11 is 0. The number of halogens is 2. The summed E-state index contributed by atoms with van der Waals surface area (Å²) in [5, 5.41) is 6.17. The number of hydrogen-bond donors (Lipinski definition) is 2. The van der Waals surface area contributed by atoms with Crippen molar-refractivity contribution in [3.63, 3.8) is 0 Å². The van der Waals surface area contributed by atoms with Crippen LogP contribution in [0.3, 0.4) is 0 Å². The van der Waals surface area contributed by atoms with Crippen molar-refractivity contribution in [3.05, 3.63) is 83.9 Å². The largest absolute Gasteiger partial charge is 0.352 e. The van der Waals surface area contributed by atoms with Crippen LogP contribution in [0.25, 0.3) is 5.69 Å². The lowest BCUT2D eigenvalue weighted by atomic mass is 10.1. The van der Waals surface area contributed by atoms with Gasteiger partial charge in [0.25, 0.3) is 0 Å². The van der Waals surface area contributed by atoms with Gasteiger partial charge in [-0.2, -0.15) is 0 Å². The van der Waals surface area contributed by atoms with Crippen LogP contribution in [0.15, 0.2) is 66.2 Å². The Kier molecular flexibility index (Phi) is 5.58. The molecule has 0 aliphatic rings. The molecule has 3 aromatic rings. The van der Waals surface area contributed by atoms with Gasteiger partial charge in [0.05, 0.1) is 12.0 Å². The van der Waals surface area contributed by atoms with Crippen LogP contribution in [0.2, 0.25) is 0 Å². The van der Waals surface area contributed by atoms with E-state index in [0.717, 1.165) is 23.4 Å². The number of nitrogens with zero attached hydrogens (tertiary/aromatic N) is 3. The molecule has 0 aliphatic heterocycles. The molecule has 134 valence electrons. The molecule has 5 nitrogen and oxygen atoms in total. The molecule has 0 bridgehead atoms. The molecule has 3 rings (SSSR count). The molecule has 0 saturated carbocycles. The first kappa shape index (κ1) is 17.6. The van der Waals surface area contributed by atoms with Crippen LogP contribution in [-0.2, 0) is 13.1 Å². The summed E-state index contributed by atoms with van der Waals surface area (Å²) in [5.41, 5.74) is 2.29. The summed E-state index contributed by atoms with van der Waals surface area (Å²) in [7, 11) is 1.62. The van der Waals surface area contributed by atoms with Gasteiger partial charge in [-0.1, -0.05) is 18.2 Å². The maximum Gasteiger partial charge on any atom is 0.191 e. The fraction of sp³-hybridized carbons (Fsp3) is 0.158. The third kappa shape index (κ3) is 4.24. The third-order valence-electron chi connectivity index (χ3n) is 3.90. The first-order valence-electron chi connectivity index (χ1n) is 8.12. The van der Waals surface area contributed by atoms with Gasteiger partial charge in [-0.3, -0.25) is 4.99 Å². The molecule has 2 aromatic carbocycles. The first-order chi connectivity index (χ1) is 12.7. The molecule has 1 heterocycles. The Labute approximate surface area is 150 Å². The number of aromatic nitrogens is 2. The average Bonchev–Trinajstić information content (AvgIpc) is 3.19. The van der Waals surface area contributed by atoms with Gasteiger partial charge < -0.3 is 15.2 Å². The van der Waals surface area contributed by atoms with E-state index < -0.39 is 11.6 Å². The topological polar surface area (TPSA) is 54.2 Å². The second-order valence-corrected chi connectivity index (χ2v) is 5.61. The van der Waals surface area contributed by atoms with Crippen molar-refractivity contribution in [2.75, 3.05) is 7.05 Å². The number of rotatable bonds is 5. The summed E-state index contributed by atoms with van der Waals surface area (Å²) in [4.78, 5) is 8.19. The van der Waals surface area contributed by atoms with Crippen molar-refractivity contribution in [2.24, 2.45) is 4.99 Å². The van der Waals surface area contributed by atoms with Crippen molar-refractivity contribution in [1.29, 1.82) is 0 Å². The molecular weight excluding hydrogens is 336 g/mol.